The third-order valence-electron chi connectivity index (χ3n) is 3.86. The molecule has 2 aromatic carbocycles. The van der Waals surface area contributed by atoms with Crippen LogP contribution in [0.5, 0.6) is 0 Å². The highest BCUT2D eigenvalue weighted by atomic mass is 35.5. The van der Waals surface area contributed by atoms with Gasteiger partial charge in [0.05, 0.1) is 28.3 Å². The number of rotatable bonds is 5. The lowest BCUT2D eigenvalue weighted by molar-refractivity contribution is 0.160. The average molecular weight is 380 g/mol. The van der Waals surface area contributed by atoms with Crippen molar-refractivity contribution in [2.24, 2.45) is 0 Å². The van der Waals surface area contributed by atoms with E-state index in [9.17, 15) is 5.11 Å². The Morgan fingerprint density at radius 2 is 1.85 bits per heavy atom. The van der Waals surface area contributed by atoms with Gasteiger partial charge in [0.2, 0.25) is 11.8 Å². The zero-order valence-corrected chi connectivity index (χ0v) is 15.0. The molecule has 0 amide bonds. The predicted molar refractivity (Wildman–Crippen MR) is 98.7 cm³/mol. The number of hydrogen-bond donors (Lipinski definition) is 2. The molecular formula is C19H14ClN5O2. The average Bonchev–Trinajstić information content (AvgIpc) is 3.16. The Hall–Kier alpha value is -3.39. The summed E-state index contributed by atoms with van der Waals surface area (Å²) in [5.74, 6) is 0.477. The third-order valence-corrected chi connectivity index (χ3v) is 4.17. The van der Waals surface area contributed by atoms with Gasteiger partial charge in [0, 0.05) is 11.3 Å². The molecule has 0 aliphatic carbocycles. The molecule has 0 radical (unpaired) electrons. The first-order valence-electron chi connectivity index (χ1n) is 8.00. The number of aliphatic hydroxyl groups is 1. The normalized spacial score (nSPS) is 12.6. The number of hydrogen-bond acceptors (Lipinski definition) is 7. The second kappa shape index (κ2) is 7.88. The molecular weight excluding hydrogens is 366 g/mol. The van der Waals surface area contributed by atoms with Crippen LogP contribution in [0.15, 0.2) is 46.9 Å². The Labute approximate surface area is 160 Å². The van der Waals surface area contributed by atoms with Crippen LogP contribution in [-0.4, -0.2) is 21.4 Å². The summed E-state index contributed by atoms with van der Waals surface area (Å²) in [6.45, 7) is 1.59. The van der Waals surface area contributed by atoms with Gasteiger partial charge >= 0.3 is 0 Å². The van der Waals surface area contributed by atoms with Crippen molar-refractivity contribution in [2.45, 2.75) is 19.1 Å². The molecule has 0 spiro atoms. The SMILES string of the molecule is CC(O)C(Nc1ccc(C#N)c(Cl)c1)c1nnc(-c2ccc(C#N)cc2)o1. The van der Waals surface area contributed by atoms with E-state index in [1.807, 2.05) is 12.1 Å². The summed E-state index contributed by atoms with van der Waals surface area (Å²) in [4.78, 5) is 0. The van der Waals surface area contributed by atoms with Gasteiger partial charge in [0.25, 0.3) is 0 Å². The third kappa shape index (κ3) is 4.06. The highest BCUT2D eigenvalue weighted by Gasteiger charge is 2.24. The van der Waals surface area contributed by atoms with E-state index >= 15 is 0 Å². The van der Waals surface area contributed by atoms with Gasteiger partial charge in [-0.1, -0.05) is 11.6 Å². The van der Waals surface area contributed by atoms with Crippen LogP contribution < -0.4 is 5.32 Å². The molecule has 0 aliphatic rings. The maximum Gasteiger partial charge on any atom is 0.247 e. The van der Waals surface area contributed by atoms with Gasteiger partial charge in [-0.3, -0.25) is 0 Å². The number of nitrogens with one attached hydrogen (secondary N) is 1. The number of anilines is 1. The van der Waals surface area contributed by atoms with Crippen LogP contribution in [0.3, 0.4) is 0 Å². The highest BCUT2D eigenvalue weighted by Crippen LogP contribution is 2.28. The van der Waals surface area contributed by atoms with Gasteiger partial charge in [0.15, 0.2) is 0 Å². The number of nitriles is 2. The Bertz CT molecular complexity index is 1030. The van der Waals surface area contributed by atoms with E-state index in [1.165, 1.54) is 0 Å². The minimum Gasteiger partial charge on any atom is -0.418 e. The molecule has 0 aliphatic heterocycles. The Kier molecular flexibility index (Phi) is 5.37. The van der Waals surface area contributed by atoms with E-state index in [-0.39, 0.29) is 11.8 Å². The van der Waals surface area contributed by atoms with E-state index in [4.69, 9.17) is 26.5 Å². The minimum absolute atomic E-state index is 0.199. The van der Waals surface area contributed by atoms with Crippen LogP contribution in [0.2, 0.25) is 5.02 Å². The van der Waals surface area contributed by atoms with Gasteiger partial charge in [-0.05, 0) is 49.4 Å². The molecule has 3 rings (SSSR count). The van der Waals surface area contributed by atoms with Gasteiger partial charge in [0.1, 0.15) is 12.1 Å². The summed E-state index contributed by atoms with van der Waals surface area (Å²) in [5.41, 5.74) is 2.15. The van der Waals surface area contributed by atoms with E-state index in [0.29, 0.717) is 27.4 Å². The number of aliphatic hydroxyl groups excluding tert-OH is 1. The Morgan fingerprint density at radius 1 is 1.11 bits per heavy atom. The molecule has 1 heterocycles. The summed E-state index contributed by atoms with van der Waals surface area (Å²) < 4.78 is 5.70. The van der Waals surface area contributed by atoms with E-state index in [1.54, 1.807) is 49.4 Å². The first-order chi connectivity index (χ1) is 13.0. The molecule has 0 fully saturated rings. The number of benzene rings is 2. The Morgan fingerprint density at radius 3 is 2.44 bits per heavy atom. The number of nitrogens with zero attached hydrogens (tertiary/aromatic N) is 4. The molecule has 3 aromatic rings. The van der Waals surface area contributed by atoms with Gasteiger partial charge in [-0.15, -0.1) is 10.2 Å². The van der Waals surface area contributed by atoms with Crippen LogP contribution in [0.4, 0.5) is 5.69 Å². The minimum atomic E-state index is -0.839. The monoisotopic (exact) mass is 379 g/mol. The van der Waals surface area contributed by atoms with Crippen molar-refractivity contribution in [3.63, 3.8) is 0 Å². The van der Waals surface area contributed by atoms with Crippen molar-refractivity contribution in [3.8, 4) is 23.6 Å². The van der Waals surface area contributed by atoms with Crippen molar-refractivity contribution in [1.82, 2.24) is 10.2 Å². The lowest BCUT2D eigenvalue weighted by Crippen LogP contribution is -2.23. The molecule has 0 bridgehead atoms. The molecule has 1 aromatic heterocycles. The maximum absolute atomic E-state index is 10.1. The van der Waals surface area contributed by atoms with Crippen molar-refractivity contribution in [3.05, 3.63) is 64.5 Å². The fourth-order valence-corrected chi connectivity index (χ4v) is 2.65. The maximum atomic E-state index is 10.1. The molecule has 2 atom stereocenters. The zero-order valence-electron chi connectivity index (χ0n) is 14.2. The van der Waals surface area contributed by atoms with Gasteiger partial charge in [-0.2, -0.15) is 10.5 Å². The van der Waals surface area contributed by atoms with Crippen molar-refractivity contribution < 1.29 is 9.52 Å². The summed E-state index contributed by atoms with van der Waals surface area (Å²) in [6, 6.07) is 14.9. The number of halogens is 1. The first kappa shape index (κ1) is 18.4. The molecule has 8 heteroatoms. The quantitative estimate of drug-likeness (QED) is 0.694. The summed E-state index contributed by atoms with van der Waals surface area (Å²) in [6.07, 6.45) is -0.839. The first-order valence-corrected chi connectivity index (χ1v) is 8.38. The molecule has 2 N–H and O–H groups in total. The van der Waals surface area contributed by atoms with Crippen molar-refractivity contribution in [1.29, 1.82) is 10.5 Å². The smallest absolute Gasteiger partial charge is 0.247 e. The van der Waals surface area contributed by atoms with Gasteiger partial charge < -0.3 is 14.8 Å². The molecule has 27 heavy (non-hydrogen) atoms. The second-order valence-electron chi connectivity index (χ2n) is 5.80. The molecule has 7 nitrogen and oxygen atoms in total. The summed E-state index contributed by atoms with van der Waals surface area (Å²) in [5, 5.41) is 39.4. The van der Waals surface area contributed by atoms with Crippen molar-refractivity contribution >= 4 is 17.3 Å². The molecule has 0 saturated heterocycles. The van der Waals surface area contributed by atoms with Crippen LogP contribution in [0.25, 0.3) is 11.5 Å². The largest absolute Gasteiger partial charge is 0.418 e. The van der Waals surface area contributed by atoms with Crippen LogP contribution in [0.1, 0.15) is 30.0 Å². The number of aromatic nitrogens is 2. The van der Waals surface area contributed by atoms with E-state index in [0.717, 1.165) is 0 Å². The molecule has 2 unspecified atom stereocenters. The topological polar surface area (TPSA) is 119 Å². The van der Waals surface area contributed by atoms with Crippen LogP contribution >= 0.6 is 11.6 Å². The van der Waals surface area contributed by atoms with E-state index < -0.39 is 12.1 Å². The fraction of sp³-hybridized carbons (Fsp3) is 0.158. The van der Waals surface area contributed by atoms with Crippen LogP contribution in [0, 0.1) is 22.7 Å². The van der Waals surface area contributed by atoms with Crippen LogP contribution in [-0.2, 0) is 0 Å². The standard InChI is InChI=1S/C19H14ClN5O2/c1-11(26)17(23-15-7-6-14(10-22)16(20)8-15)19-25-24-18(27-19)13-4-2-12(9-21)3-5-13/h2-8,11,17,23,26H,1H3. The van der Waals surface area contributed by atoms with E-state index in [2.05, 4.69) is 15.5 Å². The zero-order chi connectivity index (χ0) is 19.4. The lowest BCUT2D eigenvalue weighted by Gasteiger charge is -2.19. The van der Waals surface area contributed by atoms with Crippen molar-refractivity contribution in [2.75, 3.05) is 5.32 Å². The lowest BCUT2D eigenvalue weighted by atomic mass is 10.1. The molecule has 134 valence electrons. The summed E-state index contributed by atoms with van der Waals surface area (Å²) >= 11 is 6.05. The molecule has 0 saturated carbocycles. The summed E-state index contributed by atoms with van der Waals surface area (Å²) in [7, 11) is 0. The second-order valence-corrected chi connectivity index (χ2v) is 6.21. The predicted octanol–water partition coefficient (Wildman–Crippen LogP) is 3.67. The van der Waals surface area contributed by atoms with Gasteiger partial charge in [-0.25, -0.2) is 0 Å². The highest BCUT2D eigenvalue weighted by molar-refractivity contribution is 6.32. The fourth-order valence-electron chi connectivity index (χ4n) is 2.43. The Balaban J connectivity index is 1.85.